The fraction of sp³-hybridized carbons (Fsp3) is 0.462. The number of fused-ring (bicyclic) bond motifs is 1. The van der Waals surface area contributed by atoms with Gasteiger partial charge in [0.05, 0.1) is 11.7 Å². The Hall–Kier alpha value is -1.31. The first-order chi connectivity index (χ1) is 7.31. The molecule has 2 aromatic rings. The van der Waals surface area contributed by atoms with Crippen LogP contribution in [-0.2, 0) is 6.42 Å². The molecule has 78 valence electrons. The van der Waals surface area contributed by atoms with Crippen molar-refractivity contribution in [2.45, 2.75) is 32.6 Å². The van der Waals surface area contributed by atoms with Crippen LogP contribution >= 0.6 is 0 Å². The number of aromatic nitrogens is 2. The smallest absolute Gasteiger partial charge is 0.0653 e. The second-order valence-electron chi connectivity index (χ2n) is 4.82. The highest BCUT2D eigenvalue weighted by Crippen LogP contribution is 2.51. The summed E-state index contributed by atoms with van der Waals surface area (Å²) >= 11 is 0. The monoisotopic (exact) mass is 200 g/mol. The van der Waals surface area contributed by atoms with Crippen molar-refractivity contribution in [1.29, 1.82) is 0 Å². The van der Waals surface area contributed by atoms with Crippen LogP contribution in [0.5, 0.6) is 0 Å². The number of hydrogen-bond donors (Lipinski definition) is 1. The molecular weight excluding hydrogens is 184 g/mol. The molecule has 0 spiro atoms. The number of hydrogen-bond acceptors (Lipinski definition) is 1. The van der Waals surface area contributed by atoms with E-state index in [1.807, 2.05) is 6.20 Å². The molecule has 3 rings (SSSR count). The van der Waals surface area contributed by atoms with E-state index in [2.05, 4.69) is 35.3 Å². The summed E-state index contributed by atoms with van der Waals surface area (Å²) in [7, 11) is 0. The average Bonchev–Trinajstić information content (AvgIpc) is 2.88. The zero-order chi connectivity index (χ0) is 10.3. The molecule has 0 radical (unpaired) electrons. The highest BCUT2D eigenvalue weighted by molar-refractivity contribution is 5.78. The minimum Gasteiger partial charge on any atom is -0.278 e. The van der Waals surface area contributed by atoms with Crippen LogP contribution in [0.15, 0.2) is 24.4 Å². The number of rotatable bonds is 3. The SMILES string of the molecule is CCC1(Cc2ccc3cn[nH]c3c2)CC1. The van der Waals surface area contributed by atoms with E-state index in [1.54, 1.807) is 0 Å². The van der Waals surface area contributed by atoms with E-state index in [0.717, 1.165) is 0 Å². The van der Waals surface area contributed by atoms with E-state index in [1.165, 1.54) is 42.1 Å². The lowest BCUT2D eigenvalue weighted by atomic mass is 9.94. The maximum Gasteiger partial charge on any atom is 0.0653 e. The molecule has 0 aliphatic heterocycles. The standard InChI is InChI=1S/C13H16N2/c1-2-13(5-6-13)8-10-3-4-11-9-14-15-12(11)7-10/h3-4,7,9H,2,5-6,8H2,1H3,(H,14,15). The number of nitrogens with zero attached hydrogens (tertiary/aromatic N) is 1. The number of nitrogens with one attached hydrogen (secondary N) is 1. The van der Waals surface area contributed by atoms with Crippen LogP contribution in [0.3, 0.4) is 0 Å². The molecule has 2 nitrogen and oxygen atoms in total. The minimum atomic E-state index is 0.633. The van der Waals surface area contributed by atoms with E-state index in [9.17, 15) is 0 Å². The fourth-order valence-electron chi connectivity index (χ4n) is 2.36. The molecule has 1 aromatic carbocycles. The molecule has 0 atom stereocenters. The summed E-state index contributed by atoms with van der Waals surface area (Å²) < 4.78 is 0. The summed E-state index contributed by atoms with van der Waals surface area (Å²) in [6, 6.07) is 6.66. The van der Waals surface area contributed by atoms with Gasteiger partial charge in [0, 0.05) is 5.39 Å². The second kappa shape index (κ2) is 3.09. The van der Waals surface area contributed by atoms with Crippen LogP contribution in [-0.4, -0.2) is 10.2 Å². The third-order valence-corrected chi connectivity index (χ3v) is 3.79. The van der Waals surface area contributed by atoms with Gasteiger partial charge in [-0.15, -0.1) is 0 Å². The van der Waals surface area contributed by atoms with Crippen molar-refractivity contribution in [2.24, 2.45) is 5.41 Å². The molecule has 1 heterocycles. The van der Waals surface area contributed by atoms with Gasteiger partial charge in [0.25, 0.3) is 0 Å². The Morgan fingerprint density at radius 2 is 2.27 bits per heavy atom. The maximum atomic E-state index is 4.05. The van der Waals surface area contributed by atoms with Gasteiger partial charge in [0.1, 0.15) is 0 Å². The largest absolute Gasteiger partial charge is 0.278 e. The predicted octanol–water partition coefficient (Wildman–Crippen LogP) is 3.30. The Kier molecular flexibility index (Phi) is 1.84. The molecule has 1 aromatic heterocycles. The molecule has 1 N–H and O–H groups in total. The van der Waals surface area contributed by atoms with Crippen molar-refractivity contribution in [3.05, 3.63) is 30.0 Å². The van der Waals surface area contributed by atoms with Gasteiger partial charge in [-0.2, -0.15) is 5.10 Å². The van der Waals surface area contributed by atoms with Crippen molar-refractivity contribution in [3.63, 3.8) is 0 Å². The molecular formula is C13H16N2. The predicted molar refractivity (Wildman–Crippen MR) is 61.8 cm³/mol. The Labute approximate surface area is 89.7 Å². The Bertz CT molecular complexity index is 480. The zero-order valence-corrected chi connectivity index (χ0v) is 9.09. The van der Waals surface area contributed by atoms with Crippen molar-refractivity contribution >= 4 is 10.9 Å². The normalized spacial score (nSPS) is 18.2. The molecule has 1 fully saturated rings. The van der Waals surface area contributed by atoms with Crippen molar-refractivity contribution in [3.8, 4) is 0 Å². The van der Waals surface area contributed by atoms with Crippen LogP contribution in [0.4, 0.5) is 0 Å². The van der Waals surface area contributed by atoms with Gasteiger partial charge < -0.3 is 0 Å². The van der Waals surface area contributed by atoms with E-state index in [-0.39, 0.29) is 0 Å². The van der Waals surface area contributed by atoms with Crippen LogP contribution < -0.4 is 0 Å². The molecule has 0 amide bonds. The molecule has 0 saturated heterocycles. The lowest BCUT2D eigenvalue weighted by Crippen LogP contribution is -2.02. The van der Waals surface area contributed by atoms with Gasteiger partial charge in [-0.25, -0.2) is 0 Å². The van der Waals surface area contributed by atoms with E-state index in [0.29, 0.717) is 5.41 Å². The van der Waals surface area contributed by atoms with Crippen molar-refractivity contribution in [1.82, 2.24) is 10.2 Å². The number of aromatic amines is 1. The first-order valence-electron chi connectivity index (χ1n) is 5.73. The fourth-order valence-corrected chi connectivity index (χ4v) is 2.36. The summed E-state index contributed by atoms with van der Waals surface area (Å²) in [6.45, 7) is 2.31. The van der Waals surface area contributed by atoms with Gasteiger partial charge in [0.2, 0.25) is 0 Å². The lowest BCUT2D eigenvalue weighted by molar-refractivity contribution is 0.489. The average molecular weight is 200 g/mol. The molecule has 1 aliphatic rings. The Balaban J connectivity index is 1.91. The third kappa shape index (κ3) is 1.54. The van der Waals surface area contributed by atoms with E-state index in [4.69, 9.17) is 0 Å². The van der Waals surface area contributed by atoms with Crippen LogP contribution in [0.25, 0.3) is 10.9 Å². The molecule has 1 saturated carbocycles. The van der Waals surface area contributed by atoms with Gasteiger partial charge in [0.15, 0.2) is 0 Å². The molecule has 15 heavy (non-hydrogen) atoms. The third-order valence-electron chi connectivity index (χ3n) is 3.79. The highest BCUT2D eigenvalue weighted by Gasteiger charge is 2.40. The van der Waals surface area contributed by atoms with Crippen molar-refractivity contribution < 1.29 is 0 Å². The molecule has 0 unspecified atom stereocenters. The molecule has 0 bridgehead atoms. The molecule has 1 aliphatic carbocycles. The Morgan fingerprint density at radius 1 is 1.40 bits per heavy atom. The molecule has 2 heteroatoms. The van der Waals surface area contributed by atoms with Crippen LogP contribution in [0.2, 0.25) is 0 Å². The van der Waals surface area contributed by atoms with Gasteiger partial charge in [-0.1, -0.05) is 25.5 Å². The quantitative estimate of drug-likeness (QED) is 0.809. The maximum absolute atomic E-state index is 4.05. The van der Waals surface area contributed by atoms with Gasteiger partial charge in [-0.05, 0) is 36.3 Å². The van der Waals surface area contributed by atoms with Crippen LogP contribution in [0.1, 0.15) is 31.7 Å². The van der Waals surface area contributed by atoms with Gasteiger partial charge >= 0.3 is 0 Å². The number of H-pyrrole nitrogens is 1. The highest BCUT2D eigenvalue weighted by atomic mass is 15.1. The van der Waals surface area contributed by atoms with Crippen LogP contribution in [0, 0.1) is 5.41 Å². The zero-order valence-electron chi connectivity index (χ0n) is 9.09. The summed E-state index contributed by atoms with van der Waals surface area (Å²) in [5.41, 5.74) is 3.25. The van der Waals surface area contributed by atoms with E-state index >= 15 is 0 Å². The lowest BCUT2D eigenvalue weighted by Gasteiger charge is -2.11. The second-order valence-corrected chi connectivity index (χ2v) is 4.82. The summed E-state index contributed by atoms with van der Waals surface area (Å²) in [4.78, 5) is 0. The minimum absolute atomic E-state index is 0.633. The summed E-state index contributed by atoms with van der Waals surface area (Å²) in [6.07, 6.45) is 7.24. The number of benzene rings is 1. The summed E-state index contributed by atoms with van der Waals surface area (Å²) in [5, 5.41) is 8.29. The van der Waals surface area contributed by atoms with Gasteiger partial charge in [-0.3, -0.25) is 5.10 Å². The Morgan fingerprint density at radius 3 is 3.00 bits per heavy atom. The topological polar surface area (TPSA) is 28.7 Å². The van der Waals surface area contributed by atoms with Crippen molar-refractivity contribution in [2.75, 3.05) is 0 Å². The first kappa shape index (κ1) is 8.96. The summed E-state index contributed by atoms with van der Waals surface area (Å²) in [5.74, 6) is 0. The first-order valence-corrected chi connectivity index (χ1v) is 5.73. The van der Waals surface area contributed by atoms with E-state index < -0.39 is 0 Å².